The maximum atomic E-state index is 6.94. The first-order valence-electron chi connectivity index (χ1n) is 18.3. The summed E-state index contributed by atoms with van der Waals surface area (Å²) in [5.74, 6) is 0. The van der Waals surface area contributed by atoms with E-state index in [1.807, 2.05) is 6.08 Å². The highest BCUT2D eigenvalue weighted by atomic mass is 14.6. The first kappa shape index (κ1) is 32.2. The number of benzene rings is 9. The van der Waals surface area contributed by atoms with Crippen LogP contribution in [0.2, 0.25) is 0 Å². The highest BCUT2D eigenvalue weighted by Crippen LogP contribution is 2.47. The number of aryl methyl sites for hydroxylation is 2. The summed E-state index contributed by atoms with van der Waals surface area (Å²) in [7, 11) is 0. The topological polar surface area (TPSA) is 26.0 Å². The number of hydrogen-bond donors (Lipinski definition) is 1. The molecule has 0 aliphatic rings. The number of allylic oxidation sites excluding steroid dienone is 2. The lowest BCUT2D eigenvalue weighted by atomic mass is 9.83. The van der Waals surface area contributed by atoms with Crippen molar-refractivity contribution in [1.29, 1.82) is 0 Å². The zero-order valence-electron chi connectivity index (χ0n) is 30.0. The number of nitrogens with two attached hydrogens (primary N) is 1. The Morgan fingerprint density at radius 2 is 0.943 bits per heavy atom. The Balaban J connectivity index is 1.27. The summed E-state index contributed by atoms with van der Waals surface area (Å²) in [6, 6.07) is 61.4. The molecule has 0 radical (unpaired) electrons. The molecule has 0 heterocycles. The molecule has 0 aliphatic heterocycles. The summed E-state index contributed by atoms with van der Waals surface area (Å²) < 4.78 is 0. The summed E-state index contributed by atoms with van der Waals surface area (Å²) in [6.07, 6.45) is 1.89. The molecule has 9 rings (SSSR count). The van der Waals surface area contributed by atoms with Gasteiger partial charge in [-0.2, -0.15) is 0 Å². The normalized spacial score (nSPS) is 12.0. The van der Waals surface area contributed by atoms with E-state index >= 15 is 0 Å². The van der Waals surface area contributed by atoms with Crippen LogP contribution in [0.3, 0.4) is 0 Å². The molecule has 1 heteroatoms. The van der Waals surface area contributed by atoms with Gasteiger partial charge in [0, 0.05) is 11.3 Å². The van der Waals surface area contributed by atoms with Crippen molar-refractivity contribution in [3.05, 3.63) is 205 Å². The van der Waals surface area contributed by atoms with Crippen LogP contribution in [-0.4, -0.2) is 0 Å². The van der Waals surface area contributed by atoms with Crippen molar-refractivity contribution in [2.45, 2.75) is 13.8 Å². The van der Waals surface area contributed by atoms with Crippen LogP contribution < -0.4 is 5.73 Å². The van der Waals surface area contributed by atoms with E-state index in [1.54, 1.807) is 0 Å². The molecule has 0 spiro atoms. The van der Waals surface area contributed by atoms with E-state index in [9.17, 15) is 0 Å². The van der Waals surface area contributed by atoms with E-state index < -0.39 is 0 Å². The van der Waals surface area contributed by atoms with E-state index in [1.165, 1.54) is 76.6 Å². The van der Waals surface area contributed by atoms with E-state index in [2.05, 4.69) is 190 Å². The molecule has 0 saturated carbocycles. The highest BCUT2D eigenvalue weighted by molar-refractivity contribution is 6.24. The molecule has 0 saturated heterocycles. The second-order valence-corrected chi connectivity index (χ2v) is 14.0. The van der Waals surface area contributed by atoms with Crippen LogP contribution in [0.4, 0.5) is 0 Å². The van der Waals surface area contributed by atoms with Crippen LogP contribution in [0.15, 0.2) is 183 Å². The summed E-state index contributed by atoms with van der Waals surface area (Å²) in [5, 5.41) is 9.76. The monoisotopic (exact) mass is 677 g/mol. The molecule has 252 valence electrons. The van der Waals surface area contributed by atoms with Gasteiger partial charge in [0.25, 0.3) is 0 Å². The van der Waals surface area contributed by atoms with Crippen LogP contribution in [0, 0.1) is 13.8 Å². The van der Waals surface area contributed by atoms with Gasteiger partial charge in [-0.05, 0) is 125 Å². The van der Waals surface area contributed by atoms with Crippen molar-refractivity contribution in [2.24, 2.45) is 5.73 Å². The van der Waals surface area contributed by atoms with Crippen LogP contribution in [0.1, 0.15) is 22.3 Å². The lowest BCUT2D eigenvalue weighted by Gasteiger charge is -2.20. The predicted octanol–water partition coefficient (Wildman–Crippen LogP) is 13.9. The van der Waals surface area contributed by atoms with Crippen molar-refractivity contribution < 1.29 is 0 Å². The van der Waals surface area contributed by atoms with Gasteiger partial charge in [0.2, 0.25) is 0 Å². The summed E-state index contributed by atoms with van der Waals surface area (Å²) in [6.45, 7) is 8.64. The molecule has 9 aromatic rings. The minimum atomic E-state index is 0.712. The molecule has 0 aromatic heterocycles. The third-order valence-corrected chi connectivity index (χ3v) is 10.9. The fraction of sp³-hybridized carbons (Fsp3) is 0.0385. The van der Waals surface area contributed by atoms with E-state index in [0.717, 1.165) is 27.6 Å². The van der Waals surface area contributed by atoms with Crippen LogP contribution in [0.5, 0.6) is 0 Å². The van der Waals surface area contributed by atoms with Gasteiger partial charge in [0.1, 0.15) is 0 Å². The van der Waals surface area contributed by atoms with Gasteiger partial charge < -0.3 is 5.73 Å². The number of fused-ring (bicyclic) bond motifs is 4. The lowest BCUT2D eigenvalue weighted by Crippen LogP contribution is -2.01. The molecule has 0 atom stereocenters. The fourth-order valence-corrected chi connectivity index (χ4v) is 8.44. The van der Waals surface area contributed by atoms with Gasteiger partial charge in [-0.15, -0.1) is 0 Å². The molecule has 0 bridgehead atoms. The van der Waals surface area contributed by atoms with Crippen molar-refractivity contribution in [3.8, 4) is 33.4 Å². The molecule has 1 nitrogen and oxygen atoms in total. The fourth-order valence-electron chi connectivity index (χ4n) is 8.44. The predicted molar refractivity (Wildman–Crippen MR) is 230 cm³/mol. The van der Waals surface area contributed by atoms with Gasteiger partial charge in [-0.25, -0.2) is 0 Å². The summed E-state index contributed by atoms with van der Waals surface area (Å²) in [4.78, 5) is 0. The van der Waals surface area contributed by atoms with Crippen molar-refractivity contribution in [2.75, 3.05) is 0 Å². The van der Waals surface area contributed by atoms with Crippen LogP contribution in [0.25, 0.3) is 87.7 Å². The molecule has 53 heavy (non-hydrogen) atoms. The van der Waals surface area contributed by atoms with Crippen LogP contribution >= 0.6 is 0 Å². The van der Waals surface area contributed by atoms with Gasteiger partial charge in [0.15, 0.2) is 0 Å². The minimum absolute atomic E-state index is 0.712. The lowest BCUT2D eigenvalue weighted by molar-refractivity contribution is 1.38. The maximum Gasteiger partial charge on any atom is 0.0467 e. The van der Waals surface area contributed by atoms with E-state index in [-0.39, 0.29) is 0 Å². The second kappa shape index (κ2) is 13.1. The average Bonchev–Trinajstić information content (AvgIpc) is 3.20. The Morgan fingerprint density at radius 1 is 0.434 bits per heavy atom. The number of rotatable bonds is 6. The van der Waals surface area contributed by atoms with Gasteiger partial charge in [-0.1, -0.05) is 170 Å². The molecular formula is C52H39N. The Bertz CT molecular complexity index is 2860. The molecule has 0 fully saturated rings. The molecule has 2 N–H and O–H groups in total. The van der Waals surface area contributed by atoms with E-state index in [0.29, 0.717) is 5.70 Å². The third kappa shape index (κ3) is 5.41. The molecule has 9 aromatic carbocycles. The molecule has 0 amide bonds. The zero-order chi connectivity index (χ0) is 36.1. The first-order chi connectivity index (χ1) is 26.0. The second-order valence-electron chi connectivity index (χ2n) is 14.0. The van der Waals surface area contributed by atoms with E-state index in [4.69, 9.17) is 5.73 Å². The quantitative estimate of drug-likeness (QED) is 0.106. The average molecular weight is 678 g/mol. The standard InChI is InChI=1S/C52H39N/c1-4-40(52(53)39-28-27-35-17-5-6-18-36(35)31-39)37-19-14-20-38(32-37)50-43-23-9-11-25-45(43)51(46-26-12-10-24-44(46)50)48-30-29-47(41-21-7-8-22-42(41)48)49-33(2)15-13-16-34(49)3/h4-32H,1,53H2,2-3H3/b52-40+. The highest BCUT2D eigenvalue weighted by Gasteiger charge is 2.20. The molecule has 0 unspecified atom stereocenters. The Kier molecular flexibility index (Phi) is 7.98. The van der Waals surface area contributed by atoms with Gasteiger partial charge >= 0.3 is 0 Å². The first-order valence-corrected chi connectivity index (χ1v) is 18.3. The Hall–Kier alpha value is -6.70. The number of hydrogen-bond acceptors (Lipinski definition) is 1. The summed E-state index contributed by atoms with van der Waals surface area (Å²) in [5.41, 5.74) is 20.6. The largest absolute Gasteiger partial charge is 0.398 e. The SMILES string of the molecule is C=C/C(=C(\N)c1ccc2ccccc2c1)c1cccc(-c2c3ccccc3c(-c3ccc(-c4c(C)cccc4C)c4ccccc34)c3ccccc23)c1. The summed E-state index contributed by atoms with van der Waals surface area (Å²) >= 11 is 0. The van der Waals surface area contributed by atoms with Gasteiger partial charge in [0.05, 0.1) is 0 Å². The Morgan fingerprint density at radius 3 is 1.55 bits per heavy atom. The zero-order valence-corrected chi connectivity index (χ0v) is 30.0. The maximum absolute atomic E-state index is 6.94. The minimum Gasteiger partial charge on any atom is -0.398 e. The smallest absolute Gasteiger partial charge is 0.0467 e. The van der Waals surface area contributed by atoms with Gasteiger partial charge in [-0.3, -0.25) is 0 Å². The van der Waals surface area contributed by atoms with Crippen molar-refractivity contribution in [3.63, 3.8) is 0 Å². The molecular weight excluding hydrogens is 639 g/mol. The third-order valence-electron chi connectivity index (χ3n) is 10.9. The van der Waals surface area contributed by atoms with Crippen molar-refractivity contribution >= 4 is 54.4 Å². The van der Waals surface area contributed by atoms with Crippen molar-refractivity contribution in [1.82, 2.24) is 0 Å². The molecule has 0 aliphatic carbocycles. The Labute approximate surface area is 311 Å². The van der Waals surface area contributed by atoms with Crippen LogP contribution in [-0.2, 0) is 0 Å².